The molecule has 1 saturated heterocycles. The lowest BCUT2D eigenvalue weighted by Crippen LogP contribution is -2.47. The third-order valence-corrected chi connectivity index (χ3v) is 4.21. The second-order valence-electron chi connectivity index (χ2n) is 5.97. The lowest BCUT2D eigenvalue weighted by molar-refractivity contribution is 0.101. The molecule has 2 aromatic heterocycles. The molecule has 0 saturated carbocycles. The zero-order chi connectivity index (χ0) is 22.2. The number of anilines is 1. The molecule has 6 nitrogen and oxygen atoms in total. The number of nitrogens with zero attached hydrogens (tertiary/aromatic N) is 4. The van der Waals surface area contributed by atoms with Crippen molar-refractivity contribution in [2.24, 2.45) is 0 Å². The molecule has 6 heteroatoms. The van der Waals surface area contributed by atoms with Crippen LogP contribution in [0.2, 0.25) is 0 Å². The van der Waals surface area contributed by atoms with Gasteiger partial charge in [-0.05, 0) is 26.0 Å². The summed E-state index contributed by atoms with van der Waals surface area (Å²) in [4.78, 5) is 20.4. The Labute approximate surface area is 177 Å². The molecule has 29 heavy (non-hydrogen) atoms. The van der Waals surface area contributed by atoms with Gasteiger partial charge in [0.05, 0.1) is 5.69 Å². The van der Waals surface area contributed by atoms with Crippen molar-refractivity contribution in [2.75, 3.05) is 37.6 Å². The molecule has 1 aliphatic rings. The highest BCUT2D eigenvalue weighted by Gasteiger charge is 2.18. The largest absolute Gasteiger partial charge is 0.361 e. The summed E-state index contributed by atoms with van der Waals surface area (Å²) in [5.41, 5.74) is 1.68. The van der Waals surface area contributed by atoms with Gasteiger partial charge in [-0.15, -0.1) is 0 Å². The number of rotatable bonds is 5. The second-order valence-corrected chi connectivity index (χ2v) is 5.97. The van der Waals surface area contributed by atoms with Gasteiger partial charge in [0.25, 0.3) is 0 Å². The van der Waals surface area contributed by atoms with Crippen molar-refractivity contribution in [1.82, 2.24) is 15.0 Å². The molecule has 3 heterocycles. The SMILES string of the molecule is CC.CC.CC.CC(=O)c1ccc(N2CCN(CCc3cc(C)on3)CC2)nc1. The van der Waals surface area contributed by atoms with Crippen LogP contribution in [0.1, 0.15) is 70.3 Å². The number of aromatic nitrogens is 2. The number of pyridine rings is 1. The van der Waals surface area contributed by atoms with Crippen LogP contribution >= 0.6 is 0 Å². The lowest BCUT2D eigenvalue weighted by Gasteiger charge is -2.35. The molecular formula is C23H40N4O2. The summed E-state index contributed by atoms with van der Waals surface area (Å²) in [6, 6.07) is 5.78. The van der Waals surface area contributed by atoms with E-state index in [1.807, 2.05) is 66.7 Å². The second kappa shape index (κ2) is 15.7. The third-order valence-electron chi connectivity index (χ3n) is 4.21. The van der Waals surface area contributed by atoms with Crippen LogP contribution in [0.4, 0.5) is 5.82 Å². The predicted octanol–water partition coefficient (Wildman–Crippen LogP) is 5.02. The number of piperazine rings is 1. The van der Waals surface area contributed by atoms with Crippen LogP contribution in [0.5, 0.6) is 0 Å². The smallest absolute Gasteiger partial charge is 0.161 e. The van der Waals surface area contributed by atoms with Gasteiger partial charge in [-0.1, -0.05) is 46.7 Å². The quantitative estimate of drug-likeness (QED) is 0.652. The number of hydrogen-bond donors (Lipinski definition) is 0. The first kappa shape index (κ1) is 26.8. The third kappa shape index (κ3) is 9.22. The number of carbonyl (C=O) groups is 1. The highest BCUT2D eigenvalue weighted by Crippen LogP contribution is 2.15. The number of carbonyl (C=O) groups excluding carboxylic acids is 1. The fourth-order valence-corrected chi connectivity index (χ4v) is 2.79. The summed E-state index contributed by atoms with van der Waals surface area (Å²) in [6.07, 6.45) is 2.58. The Kier molecular flexibility index (Phi) is 14.5. The molecule has 0 unspecified atom stereocenters. The molecule has 0 radical (unpaired) electrons. The summed E-state index contributed by atoms with van der Waals surface area (Å²) in [5.74, 6) is 1.86. The van der Waals surface area contributed by atoms with Crippen molar-refractivity contribution in [1.29, 1.82) is 0 Å². The highest BCUT2D eigenvalue weighted by atomic mass is 16.5. The topological polar surface area (TPSA) is 62.5 Å². The van der Waals surface area contributed by atoms with Crippen LogP contribution in [0.25, 0.3) is 0 Å². The van der Waals surface area contributed by atoms with Crippen molar-refractivity contribution in [3.63, 3.8) is 0 Å². The van der Waals surface area contributed by atoms with Gasteiger partial charge >= 0.3 is 0 Å². The molecule has 0 atom stereocenters. The lowest BCUT2D eigenvalue weighted by atomic mass is 10.2. The van der Waals surface area contributed by atoms with Crippen molar-refractivity contribution in [3.8, 4) is 0 Å². The molecule has 0 amide bonds. The number of Topliss-reactive ketones (excluding diaryl/α,β-unsaturated/α-hetero) is 1. The molecule has 0 aliphatic carbocycles. The average molecular weight is 405 g/mol. The fraction of sp³-hybridized carbons (Fsp3) is 0.609. The van der Waals surface area contributed by atoms with E-state index in [1.54, 1.807) is 13.1 Å². The molecule has 3 rings (SSSR count). The van der Waals surface area contributed by atoms with E-state index >= 15 is 0 Å². The summed E-state index contributed by atoms with van der Waals surface area (Å²) in [6.45, 7) is 20.4. The average Bonchev–Trinajstić information content (AvgIpc) is 3.22. The Balaban J connectivity index is 0.00000120. The van der Waals surface area contributed by atoms with Crippen molar-refractivity contribution in [3.05, 3.63) is 41.4 Å². The van der Waals surface area contributed by atoms with Crippen LogP contribution in [0.3, 0.4) is 0 Å². The minimum Gasteiger partial charge on any atom is -0.361 e. The normalized spacial score (nSPS) is 13.2. The Hall–Kier alpha value is -2.21. The molecule has 1 aliphatic heterocycles. The van der Waals surface area contributed by atoms with Crippen LogP contribution in [-0.4, -0.2) is 53.5 Å². The van der Waals surface area contributed by atoms with E-state index in [9.17, 15) is 4.79 Å². The van der Waals surface area contributed by atoms with E-state index < -0.39 is 0 Å². The van der Waals surface area contributed by atoms with Crippen molar-refractivity contribution < 1.29 is 9.32 Å². The van der Waals surface area contributed by atoms with Gasteiger partial charge in [-0.25, -0.2) is 4.98 Å². The van der Waals surface area contributed by atoms with Gasteiger partial charge in [0.2, 0.25) is 0 Å². The fourth-order valence-electron chi connectivity index (χ4n) is 2.79. The minimum absolute atomic E-state index is 0.0527. The molecule has 1 fully saturated rings. The number of ketones is 1. The summed E-state index contributed by atoms with van der Waals surface area (Å²) < 4.78 is 5.10. The minimum atomic E-state index is 0.0527. The standard InChI is InChI=1S/C17H22N4O2.3C2H6/c1-13-11-16(19-23-13)5-6-20-7-9-21(10-8-20)17-4-3-15(12-18-17)14(2)22;3*1-2/h3-4,11-12H,5-10H2,1-2H3;3*1-2H3. The van der Waals surface area contributed by atoms with Gasteiger partial charge in [-0.3, -0.25) is 9.69 Å². The van der Waals surface area contributed by atoms with E-state index in [4.69, 9.17) is 4.52 Å². The van der Waals surface area contributed by atoms with E-state index in [2.05, 4.69) is 19.9 Å². The van der Waals surface area contributed by atoms with Gasteiger partial charge in [-0.2, -0.15) is 0 Å². The Morgan fingerprint density at radius 3 is 2.10 bits per heavy atom. The maximum Gasteiger partial charge on any atom is 0.161 e. The van der Waals surface area contributed by atoms with Crippen LogP contribution in [0, 0.1) is 6.92 Å². The zero-order valence-corrected chi connectivity index (χ0v) is 19.7. The van der Waals surface area contributed by atoms with Crippen LogP contribution < -0.4 is 4.90 Å². The molecular weight excluding hydrogens is 364 g/mol. The van der Waals surface area contributed by atoms with Crippen molar-refractivity contribution in [2.45, 2.75) is 61.8 Å². The predicted molar refractivity (Wildman–Crippen MR) is 122 cm³/mol. The zero-order valence-electron chi connectivity index (χ0n) is 19.7. The molecule has 0 bridgehead atoms. The molecule has 164 valence electrons. The van der Waals surface area contributed by atoms with Gasteiger partial charge in [0.1, 0.15) is 11.6 Å². The highest BCUT2D eigenvalue weighted by molar-refractivity contribution is 5.93. The summed E-state index contributed by atoms with van der Waals surface area (Å²) >= 11 is 0. The Morgan fingerprint density at radius 2 is 1.66 bits per heavy atom. The number of hydrogen-bond acceptors (Lipinski definition) is 6. The maximum atomic E-state index is 11.3. The Morgan fingerprint density at radius 1 is 1.03 bits per heavy atom. The first-order chi connectivity index (χ1) is 14.1. The first-order valence-electron chi connectivity index (χ1n) is 11.0. The number of aryl methyl sites for hydroxylation is 1. The summed E-state index contributed by atoms with van der Waals surface area (Å²) in [7, 11) is 0. The van der Waals surface area contributed by atoms with Crippen LogP contribution in [-0.2, 0) is 6.42 Å². The Bertz CT molecular complexity index is 660. The van der Waals surface area contributed by atoms with Gasteiger partial charge in [0.15, 0.2) is 5.78 Å². The molecule has 2 aromatic rings. The van der Waals surface area contributed by atoms with Crippen molar-refractivity contribution >= 4 is 11.6 Å². The van der Waals surface area contributed by atoms with E-state index in [0.29, 0.717) is 5.56 Å². The molecule has 0 N–H and O–H groups in total. The maximum absolute atomic E-state index is 11.3. The van der Waals surface area contributed by atoms with Crippen LogP contribution in [0.15, 0.2) is 28.9 Å². The molecule has 0 spiro atoms. The van der Waals surface area contributed by atoms with E-state index in [1.165, 1.54) is 0 Å². The first-order valence-corrected chi connectivity index (χ1v) is 11.0. The van der Waals surface area contributed by atoms with E-state index in [-0.39, 0.29) is 5.78 Å². The van der Waals surface area contributed by atoms with E-state index in [0.717, 1.165) is 56.4 Å². The van der Waals surface area contributed by atoms with Gasteiger partial charge < -0.3 is 9.42 Å². The molecule has 0 aromatic carbocycles. The van der Waals surface area contributed by atoms with Gasteiger partial charge in [0, 0.05) is 57.0 Å². The monoisotopic (exact) mass is 404 g/mol. The summed E-state index contributed by atoms with van der Waals surface area (Å²) in [5, 5.41) is 4.04.